The minimum absolute atomic E-state index is 0.0929. The second-order valence-electron chi connectivity index (χ2n) is 7.04. The third-order valence-electron chi connectivity index (χ3n) is 5.37. The summed E-state index contributed by atoms with van der Waals surface area (Å²) in [5.74, 6) is -0.333. The molecular formula is C20H28N2O3. The first-order valence-corrected chi connectivity index (χ1v) is 9.43. The molecular weight excluding hydrogens is 316 g/mol. The standard InChI is InChI=1S/C20H28N2O3/c1-3-14-7-5-8-15(4-2)17(14)22-19(24)20(10-11-20)18(23)21-13-16-9-6-12-25-16/h5,7-8,16H,3-4,6,9-13H2,1-2H3,(H,21,23)(H,22,24). The monoisotopic (exact) mass is 344 g/mol. The molecule has 0 aromatic heterocycles. The predicted molar refractivity (Wildman–Crippen MR) is 97.5 cm³/mol. The number of hydrogen-bond donors (Lipinski definition) is 2. The number of rotatable bonds is 7. The van der Waals surface area contributed by atoms with Crippen LogP contribution in [0, 0.1) is 5.41 Å². The van der Waals surface area contributed by atoms with Crippen molar-refractivity contribution in [2.45, 2.75) is 58.5 Å². The van der Waals surface area contributed by atoms with E-state index in [0.717, 1.165) is 49.1 Å². The van der Waals surface area contributed by atoms with Gasteiger partial charge in [-0.25, -0.2) is 0 Å². The lowest BCUT2D eigenvalue weighted by molar-refractivity contribution is -0.134. The van der Waals surface area contributed by atoms with Gasteiger partial charge in [0.05, 0.1) is 6.10 Å². The van der Waals surface area contributed by atoms with E-state index in [4.69, 9.17) is 4.74 Å². The van der Waals surface area contributed by atoms with E-state index < -0.39 is 5.41 Å². The zero-order valence-electron chi connectivity index (χ0n) is 15.2. The van der Waals surface area contributed by atoms with E-state index in [-0.39, 0.29) is 17.9 Å². The molecule has 1 saturated heterocycles. The van der Waals surface area contributed by atoms with E-state index in [2.05, 4.69) is 24.5 Å². The highest BCUT2D eigenvalue weighted by Crippen LogP contribution is 2.47. The molecule has 0 spiro atoms. The average molecular weight is 344 g/mol. The van der Waals surface area contributed by atoms with E-state index in [9.17, 15) is 9.59 Å². The van der Waals surface area contributed by atoms with E-state index in [1.54, 1.807) is 0 Å². The summed E-state index contributed by atoms with van der Waals surface area (Å²) in [6, 6.07) is 6.09. The van der Waals surface area contributed by atoms with Crippen LogP contribution < -0.4 is 10.6 Å². The van der Waals surface area contributed by atoms with Gasteiger partial charge in [-0.15, -0.1) is 0 Å². The first-order valence-electron chi connectivity index (χ1n) is 9.43. The van der Waals surface area contributed by atoms with Gasteiger partial charge in [-0.2, -0.15) is 0 Å². The molecule has 1 aliphatic carbocycles. The maximum Gasteiger partial charge on any atom is 0.240 e. The summed E-state index contributed by atoms with van der Waals surface area (Å²) in [4.78, 5) is 25.5. The SMILES string of the molecule is CCc1cccc(CC)c1NC(=O)C1(C(=O)NCC2CCCO2)CC1. The molecule has 1 saturated carbocycles. The molecule has 25 heavy (non-hydrogen) atoms. The van der Waals surface area contributed by atoms with Gasteiger partial charge in [0, 0.05) is 18.8 Å². The van der Waals surface area contributed by atoms with Crippen LogP contribution in [0.5, 0.6) is 0 Å². The number of aryl methyl sites for hydroxylation is 2. The van der Waals surface area contributed by atoms with Gasteiger partial charge in [0.1, 0.15) is 5.41 Å². The first kappa shape index (κ1) is 17.9. The minimum Gasteiger partial charge on any atom is -0.376 e. The van der Waals surface area contributed by atoms with E-state index in [1.807, 2.05) is 18.2 Å². The Morgan fingerprint density at radius 2 is 1.84 bits per heavy atom. The smallest absolute Gasteiger partial charge is 0.240 e. The Hall–Kier alpha value is -1.88. The molecule has 136 valence electrons. The van der Waals surface area contributed by atoms with Crippen LogP contribution in [-0.2, 0) is 27.2 Å². The number of para-hydroxylation sites is 1. The number of carbonyl (C=O) groups excluding carboxylic acids is 2. The number of nitrogens with one attached hydrogen (secondary N) is 2. The summed E-state index contributed by atoms with van der Waals surface area (Å²) < 4.78 is 5.54. The number of anilines is 1. The average Bonchev–Trinajstić information content (AvgIpc) is 3.29. The fraction of sp³-hybridized carbons (Fsp3) is 0.600. The Balaban J connectivity index is 1.67. The minimum atomic E-state index is -0.898. The Bertz CT molecular complexity index is 624. The van der Waals surface area contributed by atoms with Gasteiger partial charge in [0.15, 0.2) is 0 Å². The van der Waals surface area contributed by atoms with Gasteiger partial charge in [-0.3, -0.25) is 9.59 Å². The third-order valence-corrected chi connectivity index (χ3v) is 5.37. The van der Waals surface area contributed by atoms with Crippen molar-refractivity contribution in [1.29, 1.82) is 0 Å². The van der Waals surface area contributed by atoms with Gasteiger partial charge in [-0.1, -0.05) is 32.0 Å². The number of hydrogen-bond acceptors (Lipinski definition) is 3. The molecule has 1 atom stereocenters. The maximum atomic E-state index is 12.9. The molecule has 5 nitrogen and oxygen atoms in total. The molecule has 3 rings (SSSR count). The van der Waals surface area contributed by atoms with Crippen molar-refractivity contribution in [3.63, 3.8) is 0 Å². The largest absolute Gasteiger partial charge is 0.376 e. The molecule has 1 unspecified atom stereocenters. The van der Waals surface area contributed by atoms with E-state index in [0.29, 0.717) is 19.4 Å². The third kappa shape index (κ3) is 3.71. The molecule has 2 aliphatic rings. The number of amides is 2. The van der Waals surface area contributed by atoms with Crippen LogP contribution in [0.4, 0.5) is 5.69 Å². The molecule has 1 aromatic rings. The molecule has 2 amide bonds. The maximum absolute atomic E-state index is 12.9. The highest BCUT2D eigenvalue weighted by molar-refractivity contribution is 6.13. The molecule has 0 radical (unpaired) electrons. The van der Waals surface area contributed by atoms with Crippen LogP contribution in [0.15, 0.2) is 18.2 Å². The van der Waals surface area contributed by atoms with Crippen LogP contribution in [0.2, 0.25) is 0 Å². The summed E-state index contributed by atoms with van der Waals surface area (Å²) in [6.45, 7) is 5.41. The van der Waals surface area contributed by atoms with Crippen molar-refractivity contribution >= 4 is 17.5 Å². The van der Waals surface area contributed by atoms with E-state index >= 15 is 0 Å². The molecule has 1 aliphatic heterocycles. The summed E-state index contributed by atoms with van der Waals surface area (Å²) in [6.07, 6.45) is 5.04. The number of carbonyl (C=O) groups is 2. The van der Waals surface area contributed by atoms with Crippen molar-refractivity contribution in [3.8, 4) is 0 Å². The predicted octanol–water partition coefficient (Wildman–Crippen LogP) is 2.83. The van der Waals surface area contributed by atoms with E-state index in [1.165, 1.54) is 0 Å². The molecule has 0 bridgehead atoms. The summed E-state index contributed by atoms with van der Waals surface area (Å²) in [7, 11) is 0. The van der Waals surface area contributed by atoms with Crippen LogP contribution in [0.1, 0.15) is 50.7 Å². The topological polar surface area (TPSA) is 67.4 Å². The van der Waals surface area contributed by atoms with Crippen molar-refractivity contribution in [2.24, 2.45) is 5.41 Å². The van der Waals surface area contributed by atoms with Crippen molar-refractivity contribution in [3.05, 3.63) is 29.3 Å². The lowest BCUT2D eigenvalue weighted by Gasteiger charge is -2.20. The van der Waals surface area contributed by atoms with Gasteiger partial charge in [-0.05, 0) is 49.7 Å². The second kappa shape index (κ2) is 7.56. The van der Waals surface area contributed by atoms with Crippen LogP contribution in [-0.4, -0.2) is 31.1 Å². The van der Waals surface area contributed by atoms with Crippen LogP contribution >= 0.6 is 0 Å². The zero-order valence-corrected chi connectivity index (χ0v) is 15.2. The molecule has 1 aromatic carbocycles. The molecule has 5 heteroatoms. The van der Waals surface area contributed by atoms with Gasteiger partial charge in [0.25, 0.3) is 0 Å². The molecule has 2 N–H and O–H groups in total. The molecule has 2 fully saturated rings. The fourth-order valence-electron chi connectivity index (χ4n) is 3.50. The summed E-state index contributed by atoms with van der Waals surface area (Å²) >= 11 is 0. The Kier molecular flexibility index (Phi) is 5.42. The van der Waals surface area contributed by atoms with Crippen molar-refractivity contribution in [1.82, 2.24) is 5.32 Å². The lowest BCUT2D eigenvalue weighted by atomic mass is 10.0. The normalized spacial score (nSPS) is 21.0. The van der Waals surface area contributed by atoms with Gasteiger partial charge >= 0.3 is 0 Å². The quantitative estimate of drug-likeness (QED) is 0.748. The Morgan fingerprint density at radius 3 is 2.36 bits per heavy atom. The van der Waals surface area contributed by atoms with Gasteiger partial charge in [0.2, 0.25) is 11.8 Å². The summed E-state index contributed by atoms with van der Waals surface area (Å²) in [5, 5.41) is 5.99. The number of benzene rings is 1. The van der Waals surface area contributed by atoms with Crippen molar-refractivity contribution < 1.29 is 14.3 Å². The number of ether oxygens (including phenoxy) is 1. The fourth-order valence-corrected chi connectivity index (χ4v) is 3.50. The Labute approximate surface area is 149 Å². The van der Waals surface area contributed by atoms with Gasteiger partial charge < -0.3 is 15.4 Å². The van der Waals surface area contributed by atoms with Crippen molar-refractivity contribution in [2.75, 3.05) is 18.5 Å². The highest BCUT2D eigenvalue weighted by atomic mass is 16.5. The summed E-state index contributed by atoms with van der Waals surface area (Å²) in [5.41, 5.74) is 2.21. The van der Waals surface area contributed by atoms with Crippen LogP contribution in [0.3, 0.4) is 0 Å². The molecule has 1 heterocycles. The Morgan fingerprint density at radius 1 is 1.16 bits per heavy atom. The highest BCUT2D eigenvalue weighted by Gasteiger charge is 2.56. The second-order valence-corrected chi connectivity index (χ2v) is 7.04. The first-order chi connectivity index (χ1) is 12.1. The lowest BCUT2D eigenvalue weighted by Crippen LogP contribution is -2.42. The zero-order chi connectivity index (χ0) is 17.9. The van der Waals surface area contributed by atoms with Crippen LogP contribution in [0.25, 0.3) is 0 Å².